The maximum Gasteiger partial charge on any atom is 0.0198 e. The van der Waals surface area contributed by atoms with Crippen LogP contribution in [-0.4, -0.2) is 36.6 Å². The van der Waals surface area contributed by atoms with Crippen molar-refractivity contribution < 1.29 is 0 Å². The van der Waals surface area contributed by atoms with E-state index in [1.54, 1.807) is 0 Å². The van der Waals surface area contributed by atoms with E-state index in [0.29, 0.717) is 0 Å². The molecule has 2 aliphatic rings. The van der Waals surface area contributed by atoms with Crippen molar-refractivity contribution in [2.45, 2.75) is 65.0 Å². The van der Waals surface area contributed by atoms with Crippen LogP contribution in [0.25, 0.3) is 0 Å². The third-order valence-corrected chi connectivity index (χ3v) is 4.82. The highest BCUT2D eigenvalue weighted by molar-refractivity contribution is 4.85. The van der Waals surface area contributed by atoms with Gasteiger partial charge in [-0.2, -0.15) is 0 Å². The number of nitrogens with zero attached hydrogens (tertiary/aromatic N) is 1. The SMILES string of the molecule is CCC(C)N1CC(C)CC(NCC2CCC2)C1. The van der Waals surface area contributed by atoms with E-state index in [1.165, 1.54) is 51.7 Å². The van der Waals surface area contributed by atoms with Gasteiger partial charge in [0.2, 0.25) is 0 Å². The molecule has 0 aromatic carbocycles. The first-order valence-electron chi connectivity index (χ1n) is 7.66. The average Bonchev–Trinajstić information content (AvgIpc) is 2.25. The van der Waals surface area contributed by atoms with E-state index in [4.69, 9.17) is 0 Å². The van der Waals surface area contributed by atoms with Crippen LogP contribution in [-0.2, 0) is 0 Å². The average molecular weight is 238 g/mol. The molecule has 1 aliphatic carbocycles. The molecule has 0 aromatic heterocycles. The smallest absolute Gasteiger partial charge is 0.0198 e. The van der Waals surface area contributed by atoms with Crippen molar-refractivity contribution in [2.24, 2.45) is 11.8 Å². The lowest BCUT2D eigenvalue weighted by molar-refractivity contribution is 0.105. The summed E-state index contributed by atoms with van der Waals surface area (Å²) in [6.07, 6.45) is 7.04. The molecule has 0 bridgehead atoms. The molecule has 0 radical (unpaired) electrons. The van der Waals surface area contributed by atoms with Crippen LogP contribution in [0.2, 0.25) is 0 Å². The molecular formula is C15H30N2. The summed E-state index contributed by atoms with van der Waals surface area (Å²) < 4.78 is 0. The molecule has 1 aliphatic heterocycles. The summed E-state index contributed by atoms with van der Waals surface area (Å²) in [6, 6.07) is 1.50. The molecule has 3 atom stereocenters. The van der Waals surface area contributed by atoms with Crippen LogP contribution in [0.4, 0.5) is 0 Å². The molecule has 17 heavy (non-hydrogen) atoms. The molecule has 0 amide bonds. The topological polar surface area (TPSA) is 15.3 Å². The zero-order chi connectivity index (χ0) is 12.3. The Bertz CT molecular complexity index is 225. The van der Waals surface area contributed by atoms with Gasteiger partial charge in [0.15, 0.2) is 0 Å². The highest BCUT2D eigenvalue weighted by atomic mass is 15.2. The quantitative estimate of drug-likeness (QED) is 0.792. The summed E-state index contributed by atoms with van der Waals surface area (Å²) in [7, 11) is 0. The van der Waals surface area contributed by atoms with Crippen LogP contribution in [0.1, 0.15) is 52.9 Å². The second-order valence-electron chi connectivity index (χ2n) is 6.45. The first kappa shape index (κ1) is 13.4. The Balaban J connectivity index is 1.76. The predicted octanol–water partition coefficient (Wildman–Crippen LogP) is 2.89. The second kappa shape index (κ2) is 6.19. The Morgan fingerprint density at radius 3 is 2.65 bits per heavy atom. The summed E-state index contributed by atoms with van der Waals surface area (Å²) in [6.45, 7) is 10.9. The first-order chi connectivity index (χ1) is 8.19. The van der Waals surface area contributed by atoms with Gasteiger partial charge in [0.1, 0.15) is 0 Å². The van der Waals surface area contributed by atoms with E-state index in [0.717, 1.165) is 23.9 Å². The van der Waals surface area contributed by atoms with E-state index in [1.807, 2.05) is 0 Å². The maximum absolute atomic E-state index is 3.82. The Morgan fingerprint density at radius 1 is 1.29 bits per heavy atom. The Hall–Kier alpha value is -0.0800. The monoisotopic (exact) mass is 238 g/mol. The van der Waals surface area contributed by atoms with Crippen LogP contribution < -0.4 is 5.32 Å². The minimum absolute atomic E-state index is 0.744. The van der Waals surface area contributed by atoms with E-state index in [2.05, 4.69) is 31.0 Å². The van der Waals surface area contributed by atoms with Crippen molar-refractivity contribution in [1.82, 2.24) is 10.2 Å². The van der Waals surface area contributed by atoms with Crippen LogP contribution in [0.3, 0.4) is 0 Å². The van der Waals surface area contributed by atoms with Crippen LogP contribution >= 0.6 is 0 Å². The number of rotatable bonds is 5. The van der Waals surface area contributed by atoms with Crippen molar-refractivity contribution in [2.75, 3.05) is 19.6 Å². The predicted molar refractivity (Wildman–Crippen MR) is 74.2 cm³/mol. The van der Waals surface area contributed by atoms with Crippen LogP contribution in [0.5, 0.6) is 0 Å². The summed E-state index contributed by atoms with van der Waals surface area (Å²) in [5, 5.41) is 3.82. The molecule has 1 heterocycles. The molecule has 1 saturated carbocycles. The second-order valence-corrected chi connectivity index (χ2v) is 6.45. The van der Waals surface area contributed by atoms with Gasteiger partial charge >= 0.3 is 0 Å². The van der Waals surface area contributed by atoms with E-state index in [9.17, 15) is 0 Å². The number of likely N-dealkylation sites (tertiary alicyclic amines) is 1. The van der Waals surface area contributed by atoms with Gasteiger partial charge in [-0.3, -0.25) is 4.90 Å². The van der Waals surface area contributed by atoms with Crippen molar-refractivity contribution in [1.29, 1.82) is 0 Å². The fourth-order valence-electron chi connectivity index (χ4n) is 3.19. The fraction of sp³-hybridized carbons (Fsp3) is 1.00. The van der Waals surface area contributed by atoms with Gasteiger partial charge in [-0.15, -0.1) is 0 Å². The zero-order valence-corrected chi connectivity index (χ0v) is 11.9. The van der Waals surface area contributed by atoms with Gasteiger partial charge in [0.25, 0.3) is 0 Å². The standard InChI is InChI=1S/C15H30N2/c1-4-13(3)17-10-12(2)8-15(11-17)16-9-14-6-5-7-14/h12-16H,4-11H2,1-3H3. The number of hydrogen-bond donors (Lipinski definition) is 1. The molecule has 2 rings (SSSR count). The van der Waals surface area contributed by atoms with Gasteiger partial charge in [0.05, 0.1) is 0 Å². The summed E-state index contributed by atoms with van der Waals surface area (Å²) in [4.78, 5) is 2.69. The van der Waals surface area contributed by atoms with Crippen LogP contribution in [0, 0.1) is 11.8 Å². The third-order valence-electron chi connectivity index (χ3n) is 4.82. The lowest BCUT2D eigenvalue weighted by Crippen LogP contribution is -2.52. The van der Waals surface area contributed by atoms with Crippen LogP contribution in [0.15, 0.2) is 0 Å². The molecule has 1 saturated heterocycles. The lowest BCUT2D eigenvalue weighted by atomic mass is 9.85. The Morgan fingerprint density at radius 2 is 2.06 bits per heavy atom. The van der Waals surface area contributed by atoms with E-state index in [-0.39, 0.29) is 0 Å². The lowest BCUT2D eigenvalue weighted by Gasteiger charge is -2.41. The van der Waals surface area contributed by atoms with Gasteiger partial charge in [-0.05, 0) is 51.0 Å². The minimum atomic E-state index is 0.744. The molecule has 2 nitrogen and oxygen atoms in total. The third kappa shape index (κ3) is 3.69. The Kier molecular flexibility index (Phi) is 4.87. The molecule has 0 spiro atoms. The molecule has 2 heteroatoms. The number of piperidine rings is 1. The van der Waals surface area contributed by atoms with Gasteiger partial charge in [0, 0.05) is 25.2 Å². The highest BCUT2D eigenvalue weighted by Gasteiger charge is 2.27. The first-order valence-corrected chi connectivity index (χ1v) is 7.66. The van der Waals surface area contributed by atoms with Crippen molar-refractivity contribution in [3.8, 4) is 0 Å². The van der Waals surface area contributed by atoms with E-state index >= 15 is 0 Å². The summed E-state index contributed by atoms with van der Waals surface area (Å²) >= 11 is 0. The van der Waals surface area contributed by atoms with Crippen molar-refractivity contribution in [3.05, 3.63) is 0 Å². The van der Waals surface area contributed by atoms with Gasteiger partial charge in [-0.25, -0.2) is 0 Å². The molecule has 100 valence electrons. The molecule has 3 unspecified atom stereocenters. The molecule has 0 aromatic rings. The van der Waals surface area contributed by atoms with Gasteiger partial charge < -0.3 is 5.32 Å². The van der Waals surface area contributed by atoms with Crippen molar-refractivity contribution >= 4 is 0 Å². The number of nitrogens with one attached hydrogen (secondary N) is 1. The maximum atomic E-state index is 3.82. The number of hydrogen-bond acceptors (Lipinski definition) is 2. The molecule has 2 fully saturated rings. The van der Waals surface area contributed by atoms with E-state index < -0.39 is 0 Å². The summed E-state index contributed by atoms with van der Waals surface area (Å²) in [5.41, 5.74) is 0. The largest absolute Gasteiger partial charge is 0.312 e. The fourth-order valence-corrected chi connectivity index (χ4v) is 3.19. The Labute approximate surface area is 107 Å². The minimum Gasteiger partial charge on any atom is -0.312 e. The van der Waals surface area contributed by atoms with Crippen molar-refractivity contribution in [3.63, 3.8) is 0 Å². The zero-order valence-electron chi connectivity index (χ0n) is 11.9. The summed E-state index contributed by atoms with van der Waals surface area (Å²) in [5.74, 6) is 1.85. The molecular weight excluding hydrogens is 208 g/mol. The molecule has 1 N–H and O–H groups in total. The van der Waals surface area contributed by atoms with Gasteiger partial charge in [-0.1, -0.05) is 20.3 Å². The highest BCUT2D eigenvalue weighted by Crippen LogP contribution is 2.26. The normalized spacial score (nSPS) is 33.4.